The van der Waals surface area contributed by atoms with E-state index in [1.165, 1.54) is 0 Å². The highest BCUT2D eigenvalue weighted by Crippen LogP contribution is 2.41. The van der Waals surface area contributed by atoms with Gasteiger partial charge in [-0.05, 0) is 101 Å². The first-order valence-corrected chi connectivity index (χ1v) is 16.7. The second-order valence-corrected chi connectivity index (χ2v) is 13.0. The number of ether oxygens (including phenoxy) is 2. The number of oxazole rings is 1. The topological polar surface area (TPSA) is 140 Å². The summed E-state index contributed by atoms with van der Waals surface area (Å²) in [7, 11) is 1.67. The predicted molar refractivity (Wildman–Crippen MR) is 172 cm³/mol. The minimum Gasteiger partial charge on any atom is -0.495 e. The van der Waals surface area contributed by atoms with Crippen molar-refractivity contribution in [3.05, 3.63) is 54.0 Å². The average molecular weight is 632 g/mol. The zero-order chi connectivity index (χ0) is 32.0. The Labute approximate surface area is 270 Å². The molecule has 3 aliphatic carbocycles. The van der Waals surface area contributed by atoms with Crippen LogP contribution in [-0.2, 0) is 9.53 Å². The minimum atomic E-state index is -0.528. The molecule has 0 radical (unpaired) electrons. The number of nitrogens with zero attached hydrogens (tertiary/aromatic N) is 4. The van der Waals surface area contributed by atoms with Crippen LogP contribution in [0, 0.1) is 18.8 Å². The molecule has 2 amide bonds. The van der Waals surface area contributed by atoms with Gasteiger partial charge < -0.3 is 24.3 Å². The van der Waals surface area contributed by atoms with Crippen molar-refractivity contribution >= 4 is 17.8 Å². The number of carbonyl (C=O) groups excluding carboxylic acids is 2. The number of aliphatic hydroxyl groups excluding tert-OH is 1. The number of pyridine rings is 2. The molecule has 3 aliphatic rings. The molecule has 3 heterocycles. The van der Waals surface area contributed by atoms with E-state index in [1.807, 2.05) is 30.0 Å². The lowest BCUT2D eigenvalue weighted by atomic mass is 9.79. The number of carbonyl (C=O) groups is 2. The summed E-state index contributed by atoms with van der Waals surface area (Å²) in [5.74, 6) is 3.26. The molecular formula is C35H45N5O6. The average Bonchev–Trinajstić information content (AvgIpc) is 3.82. The molecule has 46 heavy (non-hydrogen) atoms. The van der Waals surface area contributed by atoms with E-state index in [0.29, 0.717) is 55.8 Å². The van der Waals surface area contributed by atoms with Crippen molar-refractivity contribution in [2.75, 3.05) is 31.7 Å². The van der Waals surface area contributed by atoms with Crippen molar-refractivity contribution in [3.8, 4) is 17.0 Å². The molecular weight excluding hydrogens is 586 g/mol. The van der Waals surface area contributed by atoms with Gasteiger partial charge in [-0.25, -0.2) is 14.8 Å². The number of methoxy groups -OCH3 is 1. The molecule has 3 fully saturated rings. The fourth-order valence-electron chi connectivity index (χ4n) is 6.87. The quantitative estimate of drug-likeness (QED) is 0.264. The van der Waals surface area contributed by atoms with E-state index in [-0.39, 0.29) is 31.1 Å². The lowest BCUT2D eigenvalue weighted by Gasteiger charge is -2.35. The molecule has 0 aliphatic heterocycles. The van der Waals surface area contributed by atoms with Crippen LogP contribution in [0.4, 0.5) is 10.6 Å². The number of amides is 2. The van der Waals surface area contributed by atoms with E-state index in [0.717, 1.165) is 72.8 Å². The Morgan fingerprint density at radius 1 is 1.00 bits per heavy atom. The zero-order valence-electron chi connectivity index (χ0n) is 26.8. The molecule has 6 rings (SSSR count). The van der Waals surface area contributed by atoms with Gasteiger partial charge in [0, 0.05) is 48.3 Å². The van der Waals surface area contributed by atoms with E-state index < -0.39 is 6.09 Å². The summed E-state index contributed by atoms with van der Waals surface area (Å²) in [5, 5.41) is 11.5. The van der Waals surface area contributed by atoms with Crippen LogP contribution in [0.5, 0.6) is 5.75 Å². The van der Waals surface area contributed by atoms with Crippen molar-refractivity contribution in [3.63, 3.8) is 0 Å². The Hall–Kier alpha value is -3.99. The fraction of sp³-hybridized carbons (Fsp3) is 0.571. The molecule has 3 saturated carbocycles. The first-order valence-electron chi connectivity index (χ1n) is 16.7. The van der Waals surface area contributed by atoms with Gasteiger partial charge in [-0.15, -0.1) is 0 Å². The van der Waals surface area contributed by atoms with Gasteiger partial charge in [0.1, 0.15) is 29.6 Å². The van der Waals surface area contributed by atoms with Crippen LogP contribution in [0.3, 0.4) is 0 Å². The van der Waals surface area contributed by atoms with E-state index >= 15 is 0 Å². The first-order chi connectivity index (χ1) is 22.4. The Morgan fingerprint density at radius 2 is 1.76 bits per heavy atom. The molecule has 246 valence electrons. The maximum atomic E-state index is 14.3. The zero-order valence-corrected chi connectivity index (χ0v) is 26.8. The van der Waals surface area contributed by atoms with Gasteiger partial charge in [0.05, 0.1) is 19.4 Å². The van der Waals surface area contributed by atoms with Crippen molar-refractivity contribution in [1.82, 2.24) is 20.3 Å². The maximum Gasteiger partial charge on any atom is 0.407 e. The molecule has 3 aromatic rings. The van der Waals surface area contributed by atoms with Gasteiger partial charge in [0.2, 0.25) is 5.91 Å². The number of hydrogen-bond acceptors (Lipinski definition) is 9. The number of hydrogen-bond donors (Lipinski definition) is 2. The summed E-state index contributed by atoms with van der Waals surface area (Å²) >= 11 is 0. The molecule has 0 atom stereocenters. The molecule has 0 spiro atoms. The number of aliphatic hydroxyl groups is 1. The third kappa shape index (κ3) is 7.68. The van der Waals surface area contributed by atoms with E-state index in [9.17, 15) is 9.59 Å². The highest BCUT2D eigenvalue weighted by Gasteiger charge is 2.35. The van der Waals surface area contributed by atoms with Crippen LogP contribution < -0.4 is 15.0 Å². The fourth-order valence-corrected chi connectivity index (χ4v) is 6.87. The smallest absolute Gasteiger partial charge is 0.407 e. The minimum absolute atomic E-state index is 0.0706. The molecule has 11 heteroatoms. The first kappa shape index (κ1) is 32.0. The number of alkyl carbamates (subject to hydrolysis) is 1. The van der Waals surface area contributed by atoms with Crippen LogP contribution in [0.15, 0.2) is 41.1 Å². The van der Waals surface area contributed by atoms with Crippen molar-refractivity contribution < 1.29 is 28.6 Å². The Morgan fingerprint density at radius 3 is 2.46 bits per heavy atom. The Kier molecular flexibility index (Phi) is 10.2. The highest BCUT2D eigenvalue weighted by atomic mass is 16.6. The molecule has 0 unspecified atom stereocenters. The largest absolute Gasteiger partial charge is 0.495 e. The van der Waals surface area contributed by atoms with E-state index in [1.54, 1.807) is 19.6 Å². The second-order valence-electron chi connectivity index (χ2n) is 13.0. The summed E-state index contributed by atoms with van der Waals surface area (Å²) < 4.78 is 16.7. The lowest BCUT2D eigenvalue weighted by Crippen LogP contribution is -2.42. The van der Waals surface area contributed by atoms with Crippen molar-refractivity contribution in [1.29, 1.82) is 0 Å². The normalized spacial score (nSPS) is 23.0. The maximum absolute atomic E-state index is 14.3. The Bertz CT molecular complexity index is 1490. The lowest BCUT2D eigenvalue weighted by molar-refractivity contribution is -0.124. The highest BCUT2D eigenvalue weighted by molar-refractivity contribution is 5.94. The summed E-state index contributed by atoms with van der Waals surface area (Å²) in [6.07, 6.45) is 11.4. The summed E-state index contributed by atoms with van der Waals surface area (Å²) in [6.45, 7) is 2.60. The van der Waals surface area contributed by atoms with Gasteiger partial charge in [-0.1, -0.05) is 0 Å². The van der Waals surface area contributed by atoms with Crippen LogP contribution >= 0.6 is 0 Å². The van der Waals surface area contributed by atoms with Gasteiger partial charge >= 0.3 is 6.09 Å². The number of anilines is 1. The monoisotopic (exact) mass is 631 g/mol. The molecule has 2 N–H and O–H groups in total. The number of rotatable bonds is 11. The molecule has 0 bridgehead atoms. The van der Waals surface area contributed by atoms with Gasteiger partial charge in [-0.2, -0.15) is 0 Å². The summed E-state index contributed by atoms with van der Waals surface area (Å²) in [6, 6.07) is 7.96. The molecule has 11 nitrogen and oxygen atoms in total. The molecule has 0 saturated heterocycles. The van der Waals surface area contributed by atoms with E-state index in [4.69, 9.17) is 33.9 Å². The standard InChI is InChI=1S/C35H45N5O6/c1-22-31(44-2)14-13-29(38-22)24-5-3-23(4-6-24)20-40(34(42)26-9-11-28(12-10-26)46-35(43)37-17-18-41)32-19-27(15-16-36-32)30-21-45-33(39-30)25-7-8-25/h13-16,19,21,23-26,28,41H,3-12,17-18,20H2,1-2H3,(H,37,43)/t23-,24-,26-,28-. The summed E-state index contributed by atoms with van der Waals surface area (Å²) in [5.41, 5.74) is 3.67. The number of nitrogens with one attached hydrogen (secondary N) is 1. The van der Waals surface area contributed by atoms with Gasteiger partial charge in [0.15, 0.2) is 5.89 Å². The van der Waals surface area contributed by atoms with Crippen LogP contribution in [0.1, 0.15) is 93.3 Å². The van der Waals surface area contributed by atoms with Crippen molar-refractivity contribution in [2.24, 2.45) is 11.8 Å². The van der Waals surface area contributed by atoms with Gasteiger partial charge in [0.25, 0.3) is 0 Å². The summed E-state index contributed by atoms with van der Waals surface area (Å²) in [4.78, 5) is 42.4. The number of aryl methyl sites for hydroxylation is 1. The van der Waals surface area contributed by atoms with Crippen molar-refractivity contribution in [2.45, 2.75) is 89.1 Å². The molecule has 0 aromatic carbocycles. The van der Waals surface area contributed by atoms with Crippen LogP contribution in [0.25, 0.3) is 11.3 Å². The second kappa shape index (κ2) is 14.6. The van der Waals surface area contributed by atoms with Crippen LogP contribution in [-0.4, -0.2) is 65.0 Å². The Balaban J connectivity index is 1.15. The third-order valence-electron chi connectivity index (χ3n) is 9.70. The number of aromatic nitrogens is 3. The molecule has 3 aromatic heterocycles. The third-order valence-corrected chi connectivity index (χ3v) is 9.70. The SMILES string of the molecule is COc1ccc([C@H]2CC[C@H](CN(c3cc(-c4coc(C5CC5)n4)ccn3)C(=O)[C@H]3CC[C@H](OC(=O)NCCO)CC3)CC2)nc1C. The van der Waals surface area contributed by atoms with Crippen LogP contribution in [0.2, 0.25) is 0 Å². The van der Waals surface area contributed by atoms with E-state index in [2.05, 4.69) is 11.4 Å². The predicted octanol–water partition coefficient (Wildman–Crippen LogP) is 5.91. The van der Waals surface area contributed by atoms with Gasteiger partial charge in [-0.3, -0.25) is 14.7 Å².